The molecule has 1 saturated heterocycles. The summed E-state index contributed by atoms with van der Waals surface area (Å²) in [5, 5.41) is 8.90. The van der Waals surface area contributed by atoms with Gasteiger partial charge in [0.1, 0.15) is 6.04 Å². The van der Waals surface area contributed by atoms with Gasteiger partial charge >= 0.3 is 5.97 Å². The first-order valence-electron chi connectivity index (χ1n) is 9.82. The van der Waals surface area contributed by atoms with Crippen molar-refractivity contribution in [3.05, 3.63) is 60.5 Å². The van der Waals surface area contributed by atoms with Gasteiger partial charge in [-0.15, -0.1) is 0 Å². The zero-order valence-electron chi connectivity index (χ0n) is 15.8. The molecule has 140 valence electrons. The third-order valence-electron chi connectivity index (χ3n) is 5.82. The lowest BCUT2D eigenvalue weighted by Crippen LogP contribution is -2.36. The molecule has 4 nitrogen and oxygen atoms in total. The van der Waals surface area contributed by atoms with Gasteiger partial charge in [-0.25, -0.2) is 4.79 Å². The second-order valence-corrected chi connectivity index (χ2v) is 7.25. The summed E-state index contributed by atoms with van der Waals surface area (Å²) in [6.07, 6.45) is 23.0. The minimum atomic E-state index is -0.832. The lowest BCUT2D eigenvalue weighted by molar-refractivity contribution is -0.140. The molecule has 3 aliphatic heterocycles. The largest absolute Gasteiger partial charge is 0.479 e. The Balaban J connectivity index is 0.000000151. The van der Waals surface area contributed by atoms with Crippen LogP contribution in [0.2, 0.25) is 0 Å². The first-order chi connectivity index (χ1) is 12.7. The fourth-order valence-electron chi connectivity index (χ4n) is 4.53. The Kier molecular flexibility index (Phi) is 6.15. The molecule has 0 spiro atoms. The van der Waals surface area contributed by atoms with E-state index in [1.54, 1.807) is 23.3 Å². The molecule has 0 aromatic heterocycles. The van der Waals surface area contributed by atoms with Crippen molar-refractivity contribution in [2.75, 3.05) is 6.54 Å². The molecule has 4 rings (SSSR count). The van der Waals surface area contributed by atoms with Gasteiger partial charge in [0.25, 0.3) is 0 Å². The van der Waals surface area contributed by atoms with E-state index in [0.29, 0.717) is 0 Å². The van der Waals surface area contributed by atoms with Crippen LogP contribution in [0.25, 0.3) is 0 Å². The van der Waals surface area contributed by atoms with Crippen molar-refractivity contribution >= 4 is 5.97 Å². The van der Waals surface area contributed by atoms with Gasteiger partial charge in [0, 0.05) is 24.0 Å². The van der Waals surface area contributed by atoms with Crippen LogP contribution in [0.15, 0.2) is 60.5 Å². The minimum absolute atomic E-state index is 0.568. The van der Waals surface area contributed by atoms with Gasteiger partial charge in [-0.2, -0.15) is 0 Å². The van der Waals surface area contributed by atoms with Gasteiger partial charge in [-0.05, 0) is 56.4 Å². The number of carboxylic acids is 1. The molecular formula is C22H30N2O2. The van der Waals surface area contributed by atoms with E-state index >= 15 is 0 Å². The van der Waals surface area contributed by atoms with Crippen LogP contribution in [-0.2, 0) is 4.79 Å². The Morgan fingerprint density at radius 3 is 2.81 bits per heavy atom. The van der Waals surface area contributed by atoms with Crippen LogP contribution in [0.1, 0.15) is 39.5 Å². The quantitative estimate of drug-likeness (QED) is 0.775. The topological polar surface area (TPSA) is 43.8 Å². The maximum absolute atomic E-state index is 10.8. The highest BCUT2D eigenvalue weighted by Gasteiger charge is 2.38. The van der Waals surface area contributed by atoms with E-state index < -0.39 is 12.0 Å². The summed E-state index contributed by atoms with van der Waals surface area (Å²) in [4.78, 5) is 15.3. The highest BCUT2D eigenvalue weighted by molar-refractivity contribution is 5.77. The van der Waals surface area contributed by atoms with Crippen molar-refractivity contribution in [1.82, 2.24) is 9.80 Å². The van der Waals surface area contributed by atoms with Crippen molar-refractivity contribution in [3.63, 3.8) is 0 Å². The molecule has 4 heteroatoms. The van der Waals surface area contributed by atoms with E-state index in [1.165, 1.54) is 32.2 Å². The Morgan fingerprint density at radius 1 is 1.23 bits per heavy atom. The van der Waals surface area contributed by atoms with E-state index in [9.17, 15) is 4.79 Å². The van der Waals surface area contributed by atoms with Crippen molar-refractivity contribution in [1.29, 1.82) is 0 Å². The van der Waals surface area contributed by atoms with Gasteiger partial charge in [-0.1, -0.05) is 44.2 Å². The van der Waals surface area contributed by atoms with E-state index in [1.807, 2.05) is 24.3 Å². The zero-order chi connectivity index (χ0) is 18.5. The second kappa shape index (κ2) is 8.54. The van der Waals surface area contributed by atoms with Crippen molar-refractivity contribution < 1.29 is 9.90 Å². The smallest absolute Gasteiger partial charge is 0.330 e. The molecule has 1 fully saturated rings. The summed E-state index contributed by atoms with van der Waals surface area (Å²) in [7, 11) is 0. The maximum Gasteiger partial charge on any atom is 0.330 e. The fraction of sp³-hybridized carbons (Fsp3) is 0.500. The van der Waals surface area contributed by atoms with Gasteiger partial charge in [0.15, 0.2) is 0 Å². The predicted molar refractivity (Wildman–Crippen MR) is 105 cm³/mol. The average molecular weight is 354 g/mol. The molecule has 0 bridgehead atoms. The third kappa shape index (κ3) is 3.85. The number of hydrogen-bond donors (Lipinski definition) is 1. The third-order valence-corrected chi connectivity index (χ3v) is 5.82. The molecule has 0 saturated carbocycles. The molecule has 0 aromatic carbocycles. The lowest BCUT2D eigenvalue weighted by atomic mass is 9.89. The standard InChI is InChI=1S/C12H21N.C10H9NO2/c1-3-11-9-10-7-5-6-8-12(10)13(11)4-2;12-10(13)9-6-3-5-8-4-1-2-7-11(8)9/h6,8,10-12H,3-5,7,9H2,1-2H3;1-7,9H,(H,12,13). The van der Waals surface area contributed by atoms with Crippen LogP contribution >= 0.6 is 0 Å². The number of carbonyl (C=O) groups is 1. The zero-order valence-corrected chi connectivity index (χ0v) is 15.8. The highest BCUT2D eigenvalue weighted by Crippen LogP contribution is 2.37. The Morgan fingerprint density at radius 2 is 2.08 bits per heavy atom. The molecule has 4 atom stereocenters. The number of fused-ring (bicyclic) bond motifs is 2. The summed E-state index contributed by atoms with van der Waals surface area (Å²) in [5.74, 6) is 0.136. The number of hydrogen-bond acceptors (Lipinski definition) is 3. The Hall–Kier alpha value is -2.07. The summed E-state index contributed by atoms with van der Waals surface area (Å²) < 4.78 is 0. The number of carboxylic acid groups (broad SMARTS) is 1. The van der Waals surface area contributed by atoms with E-state index in [2.05, 4.69) is 30.9 Å². The fourth-order valence-corrected chi connectivity index (χ4v) is 4.53. The molecule has 4 unspecified atom stereocenters. The van der Waals surface area contributed by atoms with Crippen molar-refractivity contribution in [2.45, 2.75) is 57.7 Å². The van der Waals surface area contributed by atoms with Crippen LogP contribution in [0.5, 0.6) is 0 Å². The highest BCUT2D eigenvalue weighted by atomic mass is 16.4. The predicted octanol–water partition coefficient (Wildman–Crippen LogP) is 4.10. The molecule has 26 heavy (non-hydrogen) atoms. The number of allylic oxidation sites excluding steroid dienone is 6. The summed E-state index contributed by atoms with van der Waals surface area (Å²) in [6, 6.07) is 1.08. The monoisotopic (exact) mass is 354 g/mol. The van der Waals surface area contributed by atoms with Gasteiger partial charge in [0.05, 0.1) is 0 Å². The number of likely N-dealkylation sites (N-methyl/N-ethyl adjacent to an activating group) is 1. The molecule has 1 aliphatic carbocycles. The number of likely N-dealkylation sites (tertiary alicyclic amines) is 1. The molecule has 4 aliphatic rings. The van der Waals surface area contributed by atoms with E-state index in [-0.39, 0.29) is 0 Å². The lowest BCUT2D eigenvalue weighted by Gasteiger charge is -2.29. The number of nitrogens with zero attached hydrogens (tertiary/aromatic N) is 2. The normalized spacial score (nSPS) is 31.8. The Bertz CT molecular complexity index is 659. The molecule has 0 radical (unpaired) electrons. The van der Waals surface area contributed by atoms with Crippen LogP contribution < -0.4 is 0 Å². The summed E-state index contributed by atoms with van der Waals surface area (Å²) in [5.41, 5.74) is 0.914. The molecule has 3 heterocycles. The Labute approximate surface area is 156 Å². The van der Waals surface area contributed by atoms with Crippen molar-refractivity contribution in [3.8, 4) is 0 Å². The molecule has 0 aromatic rings. The van der Waals surface area contributed by atoms with E-state index in [4.69, 9.17) is 5.11 Å². The number of rotatable bonds is 3. The number of aliphatic carboxylic acids is 1. The summed E-state index contributed by atoms with van der Waals surface area (Å²) in [6.45, 7) is 5.85. The van der Waals surface area contributed by atoms with Crippen LogP contribution in [0.3, 0.4) is 0 Å². The van der Waals surface area contributed by atoms with E-state index in [0.717, 1.165) is 23.7 Å². The minimum Gasteiger partial charge on any atom is -0.479 e. The van der Waals surface area contributed by atoms with Gasteiger partial charge < -0.3 is 10.0 Å². The van der Waals surface area contributed by atoms with Gasteiger partial charge in [-0.3, -0.25) is 4.90 Å². The second-order valence-electron chi connectivity index (χ2n) is 7.25. The molecule has 0 amide bonds. The maximum atomic E-state index is 10.8. The van der Waals surface area contributed by atoms with Crippen LogP contribution in [0.4, 0.5) is 0 Å². The SMILES string of the molecule is CCC1CC2CCC=CC2N1CC.O=C(O)C1C=CC=C2C=CC=CN21. The molecule has 1 N–H and O–H groups in total. The first kappa shape index (κ1) is 18.7. The summed E-state index contributed by atoms with van der Waals surface area (Å²) >= 11 is 0. The van der Waals surface area contributed by atoms with Gasteiger partial charge in [0.2, 0.25) is 0 Å². The molecular weight excluding hydrogens is 324 g/mol. The van der Waals surface area contributed by atoms with Crippen molar-refractivity contribution in [2.24, 2.45) is 5.92 Å². The average Bonchev–Trinajstić information content (AvgIpc) is 3.05. The van der Waals surface area contributed by atoms with Crippen LogP contribution in [0, 0.1) is 5.92 Å². The van der Waals surface area contributed by atoms with Crippen LogP contribution in [-0.4, -0.2) is 45.5 Å². The first-order valence-corrected chi connectivity index (χ1v) is 9.82.